The molecule has 2 aromatic heterocycles. The molecule has 1 aliphatic heterocycles. The Morgan fingerprint density at radius 2 is 1.82 bits per heavy atom. The summed E-state index contributed by atoms with van der Waals surface area (Å²) in [5, 5.41) is 22.1. The molecule has 0 spiro atoms. The number of aromatic nitrogens is 6. The lowest BCUT2D eigenvalue weighted by atomic mass is 9.91. The van der Waals surface area contributed by atoms with Crippen LogP contribution in [-0.2, 0) is 6.42 Å². The van der Waals surface area contributed by atoms with Crippen LogP contribution in [0.25, 0.3) is 10.9 Å². The van der Waals surface area contributed by atoms with E-state index in [1.807, 2.05) is 13.2 Å². The van der Waals surface area contributed by atoms with Gasteiger partial charge in [-0.05, 0) is 97.2 Å². The van der Waals surface area contributed by atoms with Gasteiger partial charge in [-0.1, -0.05) is 12.8 Å². The minimum atomic E-state index is 0.568. The van der Waals surface area contributed by atoms with E-state index in [2.05, 4.69) is 77.5 Å². The molecular weight excluding hydrogens is 474 g/mol. The molecule has 9 nitrogen and oxygen atoms in total. The lowest BCUT2D eigenvalue weighted by molar-refractivity contribution is 0.372. The van der Waals surface area contributed by atoms with E-state index < -0.39 is 0 Å². The second-order valence-corrected chi connectivity index (χ2v) is 10.7. The zero-order valence-electron chi connectivity index (χ0n) is 22.2. The monoisotopic (exact) mass is 511 g/mol. The number of aryl methyl sites for hydroxylation is 1. The molecule has 0 atom stereocenters. The molecule has 198 valence electrons. The van der Waals surface area contributed by atoms with Crippen LogP contribution >= 0.6 is 0 Å². The summed E-state index contributed by atoms with van der Waals surface area (Å²) in [6.07, 6.45) is 12.8. The lowest BCUT2D eigenvalue weighted by Gasteiger charge is -2.33. The van der Waals surface area contributed by atoms with Gasteiger partial charge in [0.25, 0.3) is 0 Å². The maximum Gasteiger partial charge on any atom is 0.227 e. The van der Waals surface area contributed by atoms with Crippen LogP contribution in [0.3, 0.4) is 0 Å². The Morgan fingerprint density at radius 1 is 1.00 bits per heavy atom. The number of hydrogen-bond acceptors (Lipinski definition) is 8. The molecule has 4 aromatic rings. The molecule has 1 saturated carbocycles. The summed E-state index contributed by atoms with van der Waals surface area (Å²) < 4.78 is 0. The highest BCUT2D eigenvalue weighted by Crippen LogP contribution is 2.41. The van der Waals surface area contributed by atoms with Crippen molar-refractivity contribution in [3.63, 3.8) is 0 Å². The van der Waals surface area contributed by atoms with Gasteiger partial charge in [0.05, 0.1) is 5.52 Å². The van der Waals surface area contributed by atoms with Gasteiger partial charge in [-0.3, -0.25) is 0 Å². The highest BCUT2D eigenvalue weighted by atomic mass is 15.5. The molecule has 0 unspecified atom stereocenters. The van der Waals surface area contributed by atoms with Crippen molar-refractivity contribution in [3.05, 3.63) is 54.0 Å². The summed E-state index contributed by atoms with van der Waals surface area (Å²) in [6.45, 7) is 2.21. The zero-order valence-corrected chi connectivity index (χ0v) is 22.2. The van der Waals surface area contributed by atoms with E-state index in [0.717, 1.165) is 54.3 Å². The summed E-state index contributed by atoms with van der Waals surface area (Å²) in [7, 11) is 2.00. The fourth-order valence-electron chi connectivity index (χ4n) is 6.23. The lowest BCUT2D eigenvalue weighted by Crippen LogP contribution is -2.33. The standard InChI is InChI=1S/C29H37N9/c1-30-25-14-9-22-19-31-29(33-28(22)27(25)21-6-2-3-7-21)32-23-10-12-24(13-11-23)38-17-15-20(16-18-38)5-4-8-26-34-36-37-35-26/h9-14,19-21,30H,2-8,15-18H2,1H3,(H,31,32,33)(H,34,35,36,37). The van der Waals surface area contributed by atoms with Gasteiger partial charge in [0.1, 0.15) is 5.82 Å². The quantitative estimate of drug-likeness (QED) is 0.258. The predicted octanol–water partition coefficient (Wildman–Crippen LogP) is 5.83. The minimum Gasteiger partial charge on any atom is -0.388 e. The van der Waals surface area contributed by atoms with Crippen molar-refractivity contribution in [2.75, 3.05) is 35.7 Å². The first-order valence-corrected chi connectivity index (χ1v) is 14.1. The Bertz CT molecular complexity index is 1320. The number of nitrogens with zero attached hydrogens (tertiary/aromatic N) is 6. The van der Waals surface area contributed by atoms with Crippen LogP contribution in [0, 0.1) is 5.92 Å². The second kappa shape index (κ2) is 11.3. The predicted molar refractivity (Wildman–Crippen MR) is 152 cm³/mol. The maximum absolute atomic E-state index is 5.00. The van der Waals surface area contributed by atoms with Crippen LogP contribution in [0.5, 0.6) is 0 Å². The van der Waals surface area contributed by atoms with Crippen LogP contribution in [-0.4, -0.2) is 50.7 Å². The van der Waals surface area contributed by atoms with Crippen molar-refractivity contribution >= 4 is 33.9 Å². The summed E-state index contributed by atoms with van der Waals surface area (Å²) in [6, 6.07) is 13.0. The number of anilines is 4. The van der Waals surface area contributed by atoms with E-state index >= 15 is 0 Å². The zero-order chi connectivity index (χ0) is 25.7. The molecule has 0 bridgehead atoms. The van der Waals surface area contributed by atoms with Crippen LogP contribution in [0.2, 0.25) is 0 Å². The topological polar surface area (TPSA) is 108 Å². The van der Waals surface area contributed by atoms with Crippen molar-refractivity contribution in [2.45, 2.75) is 63.7 Å². The Kier molecular flexibility index (Phi) is 7.33. The smallest absolute Gasteiger partial charge is 0.227 e. The van der Waals surface area contributed by atoms with Crippen molar-refractivity contribution in [1.82, 2.24) is 30.6 Å². The summed E-state index contributed by atoms with van der Waals surface area (Å²) in [4.78, 5) is 12.1. The highest BCUT2D eigenvalue weighted by molar-refractivity contribution is 5.88. The number of nitrogens with one attached hydrogen (secondary N) is 3. The molecule has 6 rings (SSSR count). The molecule has 2 aliphatic rings. The second-order valence-electron chi connectivity index (χ2n) is 10.7. The third kappa shape index (κ3) is 5.42. The molecule has 2 fully saturated rings. The first kappa shape index (κ1) is 24.6. The largest absolute Gasteiger partial charge is 0.388 e. The van der Waals surface area contributed by atoms with Crippen molar-refractivity contribution in [2.24, 2.45) is 5.92 Å². The third-order valence-electron chi connectivity index (χ3n) is 8.34. The number of benzene rings is 2. The summed E-state index contributed by atoms with van der Waals surface area (Å²) in [5.74, 6) is 2.89. The molecule has 38 heavy (non-hydrogen) atoms. The Morgan fingerprint density at radius 3 is 2.55 bits per heavy atom. The maximum atomic E-state index is 5.00. The van der Waals surface area contributed by atoms with E-state index in [9.17, 15) is 0 Å². The van der Waals surface area contributed by atoms with Crippen molar-refractivity contribution < 1.29 is 0 Å². The van der Waals surface area contributed by atoms with Crippen LogP contribution in [0.15, 0.2) is 42.6 Å². The first-order chi connectivity index (χ1) is 18.8. The van der Waals surface area contributed by atoms with Gasteiger partial charge >= 0.3 is 0 Å². The molecule has 0 amide bonds. The molecular formula is C29H37N9. The molecule has 9 heteroatoms. The molecule has 2 aromatic carbocycles. The minimum absolute atomic E-state index is 0.568. The molecule has 1 saturated heterocycles. The summed E-state index contributed by atoms with van der Waals surface area (Å²) in [5.41, 5.74) is 5.90. The van der Waals surface area contributed by atoms with Gasteiger partial charge in [0.2, 0.25) is 5.95 Å². The van der Waals surface area contributed by atoms with E-state index in [-0.39, 0.29) is 0 Å². The average molecular weight is 512 g/mol. The summed E-state index contributed by atoms with van der Waals surface area (Å²) >= 11 is 0. The number of tetrazole rings is 1. The normalized spacial score (nSPS) is 16.8. The molecule has 1 aliphatic carbocycles. The Balaban J connectivity index is 1.08. The number of fused-ring (bicyclic) bond motifs is 1. The van der Waals surface area contributed by atoms with Gasteiger partial charge in [-0.25, -0.2) is 15.1 Å². The van der Waals surface area contributed by atoms with Gasteiger partial charge < -0.3 is 15.5 Å². The first-order valence-electron chi connectivity index (χ1n) is 14.1. The Labute approximate surface area is 223 Å². The molecule has 3 N–H and O–H groups in total. The number of rotatable bonds is 9. The van der Waals surface area contributed by atoms with Gasteiger partial charge in [0.15, 0.2) is 0 Å². The fraction of sp³-hybridized carbons (Fsp3) is 0.483. The van der Waals surface area contributed by atoms with Crippen molar-refractivity contribution in [3.8, 4) is 0 Å². The molecule has 3 heterocycles. The van der Waals surface area contributed by atoms with E-state index in [1.165, 1.54) is 61.9 Å². The number of aromatic amines is 1. The van der Waals surface area contributed by atoms with Crippen LogP contribution < -0.4 is 15.5 Å². The van der Waals surface area contributed by atoms with E-state index in [4.69, 9.17) is 4.98 Å². The van der Waals surface area contributed by atoms with Gasteiger partial charge in [-0.15, -0.1) is 5.10 Å². The third-order valence-corrected chi connectivity index (χ3v) is 8.34. The Hall–Kier alpha value is -3.75. The van der Waals surface area contributed by atoms with E-state index in [1.54, 1.807) is 0 Å². The van der Waals surface area contributed by atoms with Crippen LogP contribution in [0.4, 0.5) is 23.0 Å². The highest BCUT2D eigenvalue weighted by Gasteiger charge is 2.23. The van der Waals surface area contributed by atoms with E-state index in [0.29, 0.717) is 11.9 Å². The number of piperidine rings is 1. The average Bonchev–Trinajstić information content (AvgIpc) is 3.68. The fourth-order valence-corrected chi connectivity index (χ4v) is 6.23. The van der Waals surface area contributed by atoms with Crippen molar-refractivity contribution in [1.29, 1.82) is 0 Å². The SMILES string of the molecule is CNc1ccc2cnc(Nc3ccc(N4CCC(CCCc5nnn[nH]5)CC4)cc3)nc2c1C1CCCC1. The van der Waals surface area contributed by atoms with Gasteiger partial charge in [0, 0.05) is 60.8 Å². The number of hydrogen-bond donors (Lipinski definition) is 3. The molecule has 0 radical (unpaired) electrons. The van der Waals surface area contributed by atoms with Gasteiger partial charge in [-0.2, -0.15) is 0 Å². The van der Waals surface area contributed by atoms with Crippen LogP contribution in [0.1, 0.15) is 68.7 Å². The number of H-pyrrole nitrogens is 1.